The number of aliphatic hydroxyl groups is 2. The SMILES string of the molecule is Cc1c(Br)c2cnc(/C=C/c3cc(O)c(O)c(Br)c3)sc-2c(O)c1=O.Cc1nc(/C=C/c2ccc(O)c(O)c2Br)sc2c(O)c(=O)c(C)cc1-2.O=C1C(O)=CC2=CN=C(/C=C/c3cc(O)c(O)c(Br)c3)S(=O)(=O)C2=C1O.O=c1c(O)cc2cnc(/C=C/c3cc(O)c(O)cc3Br)sc-2c1O. The number of carbonyl (C=O) groups is 1. The van der Waals surface area contributed by atoms with Gasteiger partial charge in [-0.25, -0.2) is 28.4 Å². The van der Waals surface area contributed by atoms with Crippen LogP contribution in [-0.4, -0.2) is 106 Å². The van der Waals surface area contributed by atoms with Gasteiger partial charge in [-0.15, -0.1) is 34.0 Å². The van der Waals surface area contributed by atoms with E-state index in [2.05, 4.69) is 99.6 Å². The smallest absolute Gasteiger partial charge is 0.263 e. The zero-order valence-corrected chi connectivity index (χ0v) is 61.9. The molecule has 12 rings (SSSR count). The number of phenolic OH excluding ortho intramolecular Hbond substituents is 12. The van der Waals surface area contributed by atoms with Gasteiger partial charge in [-0.3, -0.25) is 19.2 Å². The maximum absolute atomic E-state index is 12.6. The molecule has 4 heterocycles. The summed E-state index contributed by atoms with van der Waals surface area (Å²) >= 11 is 19.5. The quantitative estimate of drug-likeness (QED) is 0.0628. The van der Waals surface area contributed by atoms with E-state index in [-0.39, 0.29) is 67.2 Å². The van der Waals surface area contributed by atoms with E-state index in [1.807, 2.05) is 6.92 Å². The Bertz CT molecular complexity index is 5500. The Morgan fingerprint density at radius 3 is 1.64 bits per heavy atom. The van der Waals surface area contributed by atoms with E-state index in [4.69, 9.17) is 0 Å². The number of allylic oxidation sites excluding steroid dienone is 2. The van der Waals surface area contributed by atoms with E-state index < -0.39 is 65.2 Å². The Morgan fingerprint density at radius 2 is 1.00 bits per heavy atom. The number of sulfone groups is 1. The van der Waals surface area contributed by atoms with E-state index in [0.717, 1.165) is 35.3 Å². The number of aromatic hydroxyl groups is 12. The average Bonchev–Trinajstić information content (AvgIpc) is 0.761. The van der Waals surface area contributed by atoms with Crippen molar-refractivity contribution in [3.05, 3.63) is 221 Å². The first kappa shape index (κ1) is 74.5. The van der Waals surface area contributed by atoms with Gasteiger partial charge in [0.1, 0.15) is 19.9 Å². The van der Waals surface area contributed by atoms with Gasteiger partial charge in [0.05, 0.1) is 28.0 Å². The molecule has 4 aliphatic carbocycles. The average molecular weight is 1750 g/mol. The summed E-state index contributed by atoms with van der Waals surface area (Å²) in [5.41, 5.74) is 4.04. The number of nitrogens with zero attached hydrogens (tertiary/aromatic N) is 4. The van der Waals surface area contributed by atoms with Crippen molar-refractivity contribution in [2.75, 3.05) is 0 Å². The number of phenols is 12. The van der Waals surface area contributed by atoms with Gasteiger partial charge in [-0.05, 0) is 198 Å². The van der Waals surface area contributed by atoms with Crippen LogP contribution in [0.15, 0.2) is 155 Å². The Hall–Kier alpha value is -9.71. The molecule has 512 valence electrons. The summed E-state index contributed by atoms with van der Waals surface area (Å²) in [6.45, 7) is 5.12. The number of fused-ring (bicyclic) bond motifs is 4. The van der Waals surface area contributed by atoms with Crippen LogP contribution < -0.4 is 16.3 Å². The molecule has 0 saturated heterocycles. The van der Waals surface area contributed by atoms with E-state index in [0.29, 0.717) is 97.7 Å². The highest BCUT2D eigenvalue weighted by Gasteiger charge is 2.38. The van der Waals surface area contributed by atoms with Crippen molar-refractivity contribution in [3.8, 4) is 100 Å². The number of aliphatic hydroxyl groups excluding tert-OH is 2. The maximum Gasteiger partial charge on any atom is 0.263 e. The fourth-order valence-electron chi connectivity index (χ4n) is 9.02. The Balaban J connectivity index is 0.000000156. The van der Waals surface area contributed by atoms with Crippen molar-refractivity contribution in [2.45, 2.75) is 20.8 Å². The highest BCUT2D eigenvalue weighted by atomic mass is 79.9. The number of aryl methyl sites for hydroxylation is 2. The van der Waals surface area contributed by atoms with Crippen LogP contribution in [-0.2, 0) is 14.6 Å². The summed E-state index contributed by atoms with van der Waals surface area (Å²) in [5.74, 6) is -6.83. The summed E-state index contributed by atoms with van der Waals surface area (Å²) in [6, 6.07) is 14.5. The van der Waals surface area contributed by atoms with Gasteiger partial charge >= 0.3 is 0 Å². The third-order valence-electron chi connectivity index (χ3n) is 14.2. The lowest BCUT2D eigenvalue weighted by Gasteiger charge is -2.18. The van der Waals surface area contributed by atoms with Crippen molar-refractivity contribution < 1.29 is 84.7 Å². The van der Waals surface area contributed by atoms with Gasteiger partial charge in [0.15, 0.2) is 85.6 Å². The minimum atomic E-state index is -4.30. The molecule has 4 aliphatic heterocycles. The van der Waals surface area contributed by atoms with Crippen molar-refractivity contribution in [1.82, 2.24) is 15.0 Å². The summed E-state index contributed by atoms with van der Waals surface area (Å²) in [7, 11) is -4.30. The molecule has 0 spiro atoms. The number of aromatic nitrogens is 3. The molecule has 0 amide bonds. The second-order valence-corrected chi connectivity index (χ2v) is 30.1. The molecule has 0 saturated carbocycles. The Kier molecular flexibility index (Phi) is 22.7. The normalized spacial score (nSPS) is 13.4. The zero-order chi connectivity index (χ0) is 73.3. The molecule has 4 aromatic rings. The van der Waals surface area contributed by atoms with Gasteiger partial charge in [-0.2, -0.15) is 0 Å². The van der Waals surface area contributed by atoms with Crippen LogP contribution in [0.25, 0.3) is 73.9 Å². The van der Waals surface area contributed by atoms with E-state index >= 15 is 0 Å². The number of rotatable bonds is 8. The van der Waals surface area contributed by atoms with Gasteiger partial charge in [-0.1, -0.05) is 40.2 Å². The lowest BCUT2D eigenvalue weighted by Crippen LogP contribution is -2.25. The van der Waals surface area contributed by atoms with E-state index in [1.165, 1.54) is 77.4 Å². The molecule has 0 atom stereocenters. The summed E-state index contributed by atoms with van der Waals surface area (Å²) in [5, 5.41) is 137. The molecule has 33 heteroatoms. The number of benzene rings is 7. The third-order valence-corrected chi connectivity index (χ3v) is 22.9. The third kappa shape index (κ3) is 15.8. The topological polar surface area (TPSA) is 437 Å². The predicted octanol–water partition coefficient (Wildman–Crippen LogP) is 14.7. The predicted molar refractivity (Wildman–Crippen MR) is 399 cm³/mol. The van der Waals surface area contributed by atoms with Gasteiger partial charge in [0.25, 0.3) is 11.2 Å². The molecule has 100 heavy (non-hydrogen) atoms. The number of carbonyl (C=O) groups excluding carboxylic acids is 1. The van der Waals surface area contributed by atoms with Gasteiger partial charge in [0, 0.05) is 66.6 Å². The lowest BCUT2D eigenvalue weighted by molar-refractivity contribution is -0.117. The second kappa shape index (κ2) is 30.4. The van der Waals surface area contributed by atoms with Crippen LogP contribution in [0.1, 0.15) is 54.1 Å². The number of hydrogen-bond acceptors (Lipinski definition) is 27. The summed E-state index contributed by atoms with van der Waals surface area (Å²) in [6.07, 6.45) is 17.6. The van der Waals surface area contributed by atoms with Crippen LogP contribution >= 0.6 is 114 Å². The number of hydrogen-bond donors (Lipinski definition) is 14. The highest BCUT2D eigenvalue weighted by Crippen LogP contribution is 2.44. The Morgan fingerprint density at radius 1 is 0.460 bits per heavy atom. The van der Waals surface area contributed by atoms with Crippen LogP contribution in [0, 0.1) is 20.8 Å². The molecule has 8 aliphatic rings. The van der Waals surface area contributed by atoms with Crippen molar-refractivity contribution in [2.24, 2.45) is 4.99 Å². The number of halogens is 5. The number of Topliss-reactive ketones (excluding diaryl/α,β-unsaturated/α-hetero) is 1. The molecule has 0 fully saturated rings. The lowest BCUT2D eigenvalue weighted by atomic mass is 10.1. The fourth-order valence-corrected chi connectivity index (χ4v) is 15.7. The molecule has 0 unspecified atom stereocenters. The van der Waals surface area contributed by atoms with Crippen LogP contribution in [0.4, 0.5) is 0 Å². The molecular weight excluding hydrogens is 1710 g/mol. The number of ketones is 1. The zero-order valence-electron chi connectivity index (χ0n) is 50.7. The largest absolute Gasteiger partial charge is 0.504 e. The first-order chi connectivity index (χ1) is 47.1. The molecule has 0 radical (unpaired) electrons. The standard InChI is InChI=1S/C18H14BrNO4S.C17H11Br2NO4S.C16H10BrNO7S.C16H10BrNO5S/c1-8-7-11-9(2)20-13(25-18(11)17(24)15(8)22)6-4-10-3-5-12(21)16(23)14(10)19;1-7-13(19)9-6-20-12(25-17(9)16(24)14(7)22)3-2-8-4-10(18)15(23)11(21)5-8;17-9-3-7(4-10(19)13(9)21)1-2-12-18-6-8-5-11(20)14(22)15(23)16(8)26(12,24)25;17-9-5-11(20)10(19)3-7(9)1-2-13-18-6-8-4-12(21)14(22)15(23)16(8)24-13/h3-7,21,23-24H,1-2H3;2-6,21,23-24H,1H3;1-6,19-21,23H;1-6,19-21,23H/b6-4+;3-2+;2*2-1+. The second-order valence-electron chi connectivity index (χ2n) is 21.0. The van der Waals surface area contributed by atoms with Crippen LogP contribution in [0.2, 0.25) is 0 Å². The van der Waals surface area contributed by atoms with Crippen LogP contribution in [0.5, 0.6) is 69.0 Å². The van der Waals surface area contributed by atoms with Crippen LogP contribution in [0.3, 0.4) is 0 Å². The molecule has 4 aromatic carbocycles. The van der Waals surface area contributed by atoms with E-state index in [9.17, 15) is 99.1 Å². The van der Waals surface area contributed by atoms with Crippen molar-refractivity contribution in [3.63, 3.8) is 0 Å². The van der Waals surface area contributed by atoms with E-state index in [1.54, 1.807) is 74.7 Å². The number of aliphatic imine (C=N–C) groups is 1. The van der Waals surface area contributed by atoms with Crippen molar-refractivity contribution in [1.29, 1.82) is 0 Å². The molecule has 24 nitrogen and oxygen atoms in total. The van der Waals surface area contributed by atoms with Gasteiger partial charge < -0.3 is 71.5 Å². The van der Waals surface area contributed by atoms with Crippen molar-refractivity contribution >= 4 is 177 Å². The summed E-state index contributed by atoms with van der Waals surface area (Å²) in [4.78, 5) is 64.6. The molecule has 0 bridgehead atoms. The summed E-state index contributed by atoms with van der Waals surface area (Å²) < 4.78 is 27.4. The monoisotopic (exact) mass is 1750 g/mol. The minimum Gasteiger partial charge on any atom is -0.504 e. The first-order valence-corrected chi connectivity index (χ1v) is 35.8. The molecule has 14 N–H and O–H groups in total. The Labute approximate surface area is 617 Å². The maximum atomic E-state index is 12.6. The molecular formula is C67H45Br5N4O20S4. The van der Waals surface area contributed by atoms with Gasteiger partial charge in [0.2, 0.25) is 20.7 Å². The first-order valence-electron chi connectivity index (χ1n) is 27.9. The highest BCUT2D eigenvalue weighted by molar-refractivity contribution is 9.11. The molecule has 0 aromatic heterocycles. The minimum absolute atomic E-state index is 0.109. The fraction of sp³-hybridized carbons (Fsp3) is 0.0448.